The molecule has 0 saturated carbocycles. The molecule has 0 radical (unpaired) electrons. The first-order valence-electron chi connectivity index (χ1n) is 11.4. The van der Waals surface area contributed by atoms with E-state index in [0.717, 1.165) is 62.3 Å². The van der Waals surface area contributed by atoms with Crippen LogP contribution < -0.4 is 9.62 Å². The summed E-state index contributed by atoms with van der Waals surface area (Å²) in [6, 6.07) is 13.8. The van der Waals surface area contributed by atoms with Crippen LogP contribution in [-0.2, 0) is 36.0 Å². The Balaban J connectivity index is 1.34. The highest BCUT2D eigenvalue weighted by Gasteiger charge is 2.29. The van der Waals surface area contributed by atoms with Crippen molar-refractivity contribution in [1.82, 2.24) is 20.1 Å². The molecule has 2 aromatic carbocycles. The zero-order valence-electron chi connectivity index (χ0n) is 18.4. The van der Waals surface area contributed by atoms with Crippen LogP contribution in [0.2, 0.25) is 0 Å². The number of aromatic nitrogens is 3. The molecule has 1 aromatic heterocycles. The zero-order valence-corrected chi connectivity index (χ0v) is 19.2. The fraction of sp³-hybridized carbons (Fsp3) is 0.375. The van der Waals surface area contributed by atoms with Crippen molar-refractivity contribution in [3.8, 4) is 0 Å². The number of aryl methyl sites for hydroxylation is 2. The summed E-state index contributed by atoms with van der Waals surface area (Å²) in [6.07, 6.45) is 5.87. The lowest BCUT2D eigenvalue weighted by Crippen LogP contribution is -2.35. The van der Waals surface area contributed by atoms with Gasteiger partial charge >= 0.3 is 0 Å². The van der Waals surface area contributed by atoms with Crippen LogP contribution in [0, 0.1) is 0 Å². The van der Waals surface area contributed by atoms with Crippen molar-refractivity contribution in [2.75, 3.05) is 10.8 Å². The third-order valence-electron chi connectivity index (χ3n) is 6.35. The van der Waals surface area contributed by atoms with E-state index in [1.165, 1.54) is 10.4 Å². The second kappa shape index (κ2) is 8.97. The van der Waals surface area contributed by atoms with Gasteiger partial charge in [-0.05, 0) is 55.5 Å². The lowest BCUT2D eigenvalue weighted by Gasteiger charge is -2.30. The average molecular weight is 466 g/mol. The van der Waals surface area contributed by atoms with Crippen molar-refractivity contribution in [1.29, 1.82) is 0 Å². The van der Waals surface area contributed by atoms with Crippen LogP contribution in [0.4, 0.5) is 5.69 Å². The van der Waals surface area contributed by atoms with E-state index >= 15 is 0 Å². The van der Waals surface area contributed by atoms with Gasteiger partial charge in [0.05, 0.1) is 17.1 Å². The third-order valence-corrected chi connectivity index (χ3v) is 8.15. The van der Waals surface area contributed by atoms with E-state index in [-0.39, 0.29) is 17.3 Å². The molecule has 3 heterocycles. The Morgan fingerprint density at radius 2 is 1.82 bits per heavy atom. The largest absolute Gasteiger partial charge is 0.345 e. The van der Waals surface area contributed by atoms with Gasteiger partial charge in [0.2, 0.25) is 0 Å². The monoisotopic (exact) mass is 465 g/mol. The Hall–Kier alpha value is -3.20. The van der Waals surface area contributed by atoms with Crippen molar-refractivity contribution in [3.05, 3.63) is 71.3 Å². The number of sulfonamides is 1. The van der Waals surface area contributed by atoms with E-state index in [4.69, 9.17) is 0 Å². The molecule has 3 aromatic rings. The smallest absolute Gasteiger partial charge is 0.264 e. The van der Waals surface area contributed by atoms with E-state index in [9.17, 15) is 13.2 Å². The molecule has 0 bridgehead atoms. The van der Waals surface area contributed by atoms with Crippen molar-refractivity contribution in [2.24, 2.45) is 0 Å². The molecule has 0 aliphatic carbocycles. The van der Waals surface area contributed by atoms with Crippen LogP contribution in [0.5, 0.6) is 0 Å². The Kier molecular flexibility index (Phi) is 5.88. The average Bonchev–Trinajstić information content (AvgIpc) is 3.07. The van der Waals surface area contributed by atoms with E-state index < -0.39 is 10.0 Å². The first-order chi connectivity index (χ1) is 16.0. The van der Waals surface area contributed by atoms with Crippen LogP contribution in [0.3, 0.4) is 0 Å². The standard InChI is InChI=1S/C24H27N5O3S/c30-24(25-17-23-27-26-22-13-2-1-5-14-28(22)23)19-9-6-11-20(16-19)33(31,32)29-15-7-10-18-8-3-4-12-21(18)29/h3-4,6,8-9,11-12,16H,1-2,5,7,10,13-15,17H2,(H,25,30). The predicted octanol–water partition coefficient (Wildman–Crippen LogP) is 3.08. The van der Waals surface area contributed by atoms with Gasteiger partial charge in [-0.3, -0.25) is 9.10 Å². The Bertz CT molecular complexity index is 1280. The predicted molar refractivity (Wildman–Crippen MR) is 124 cm³/mol. The molecule has 8 nitrogen and oxygen atoms in total. The molecule has 9 heteroatoms. The number of para-hydroxylation sites is 1. The number of amides is 1. The topological polar surface area (TPSA) is 97.2 Å². The number of rotatable bonds is 5. The summed E-state index contributed by atoms with van der Waals surface area (Å²) >= 11 is 0. The maximum absolute atomic E-state index is 13.4. The summed E-state index contributed by atoms with van der Waals surface area (Å²) in [5.41, 5.74) is 2.04. The third kappa shape index (κ3) is 4.25. The minimum absolute atomic E-state index is 0.114. The first-order valence-corrected chi connectivity index (χ1v) is 12.9. The number of nitrogens with zero attached hydrogens (tertiary/aromatic N) is 4. The lowest BCUT2D eigenvalue weighted by atomic mass is 10.0. The van der Waals surface area contributed by atoms with Gasteiger partial charge in [-0.25, -0.2) is 8.42 Å². The van der Waals surface area contributed by atoms with E-state index in [1.807, 2.05) is 24.3 Å². The zero-order chi connectivity index (χ0) is 22.8. The maximum atomic E-state index is 13.4. The van der Waals surface area contributed by atoms with E-state index in [2.05, 4.69) is 20.1 Å². The number of anilines is 1. The lowest BCUT2D eigenvalue weighted by molar-refractivity contribution is 0.0949. The Morgan fingerprint density at radius 1 is 0.939 bits per heavy atom. The van der Waals surface area contributed by atoms with Crippen molar-refractivity contribution < 1.29 is 13.2 Å². The van der Waals surface area contributed by atoms with Gasteiger partial charge in [0.1, 0.15) is 5.82 Å². The number of fused-ring (bicyclic) bond motifs is 2. The van der Waals surface area contributed by atoms with Crippen molar-refractivity contribution in [3.63, 3.8) is 0 Å². The first kappa shape index (κ1) is 21.6. The molecule has 0 saturated heterocycles. The second-order valence-corrected chi connectivity index (χ2v) is 10.4. The Labute approximate surface area is 193 Å². The number of hydrogen-bond donors (Lipinski definition) is 1. The molecule has 1 amide bonds. The number of hydrogen-bond acceptors (Lipinski definition) is 5. The molecule has 1 N–H and O–H groups in total. The van der Waals surface area contributed by atoms with Crippen LogP contribution in [0.25, 0.3) is 0 Å². The summed E-state index contributed by atoms with van der Waals surface area (Å²) in [7, 11) is -3.78. The molecule has 172 valence electrons. The molecule has 33 heavy (non-hydrogen) atoms. The van der Waals surface area contributed by atoms with Gasteiger partial charge in [-0.2, -0.15) is 0 Å². The molecule has 0 atom stereocenters. The van der Waals surface area contributed by atoms with Crippen molar-refractivity contribution in [2.45, 2.75) is 56.5 Å². The van der Waals surface area contributed by atoms with Gasteiger partial charge < -0.3 is 9.88 Å². The minimum atomic E-state index is -3.78. The van der Waals surface area contributed by atoms with Crippen LogP contribution in [0.15, 0.2) is 53.4 Å². The molecular weight excluding hydrogens is 438 g/mol. The summed E-state index contributed by atoms with van der Waals surface area (Å²) in [6.45, 7) is 1.54. The van der Waals surface area contributed by atoms with Gasteiger partial charge in [0, 0.05) is 25.1 Å². The fourth-order valence-corrected chi connectivity index (χ4v) is 6.20. The number of benzene rings is 2. The van der Waals surface area contributed by atoms with Crippen LogP contribution in [-0.4, -0.2) is 35.6 Å². The number of nitrogens with one attached hydrogen (secondary N) is 1. The van der Waals surface area contributed by atoms with Crippen molar-refractivity contribution >= 4 is 21.6 Å². The molecular formula is C24H27N5O3S. The second-order valence-electron chi connectivity index (χ2n) is 8.51. The summed E-state index contributed by atoms with van der Waals surface area (Å²) in [5.74, 6) is 1.36. The quantitative estimate of drug-likeness (QED) is 0.625. The SMILES string of the molecule is O=C(NCc1nnc2n1CCCCC2)c1cccc(S(=O)(=O)N2CCCc3ccccc32)c1. The van der Waals surface area contributed by atoms with Gasteiger partial charge in [0.15, 0.2) is 5.82 Å². The normalized spacial score (nSPS) is 15.9. The van der Waals surface area contributed by atoms with Crippen LogP contribution >= 0.6 is 0 Å². The maximum Gasteiger partial charge on any atom is 0.264 e. The summed E-state index contributed by atoms with van der Waals surface area (Å²) in [4.78, 5) is 13.0. The molecule has 2 aliphatic rings. The van der Waals surface area contributed by atoms with E-state index in [1.54, 1.807) is 18.2 Å². The molecule has 5 rings (SSSR count). The number of carbonyl (C=O) groups is 1. The summed E-state index contributed by atoms with van der Waals surface area (Å²) < 4.78 is 30.4. The summed E-state index contributed by atoms with van der Waals surface area (Å²) in [5, 5.41) is 11.4. The van der Waals surface area contributed by atoms with E-state index in [0.29, 0.717) is 17.8 Å². The van der Waals surface area contributed by atoms with Gasteiger partial charge in [0.25, 0.3) is 15.9 Å². The fourth-order valence-electron chi connectivity index (χ4n) is 4.61. The highest BCUT2D eigenvalue weighted by Crippen LogP contribution is 2.32. The Morgan fingerprint density at radius 3 is 2.73 bits per heavy atom. The molecule has 0 fully saturated rings. The molecule has 2 aliphatic heterocycles. The highest BCUT2D eigenvalue weighted by molar-refractivity contribution is 7.92. The molecule has 0 spiro atoms. The van der Waals surface area contributed by atoms with Crippen LogP contribution in [0.1, 0.15) is 53.3 Å². The number of carbonyl (C=O) groups excluding carboxylic acids is 1. The van der Waals surface area contributed by atoms with Gasteiger partial charge in [-0.1, -0.05) is 30.7 Å². The highest BCUT2D eigenvalue weighted by atomic mass is 32.2. The molecule has 0 unspecified atom stereocenters. The van der Waals surface area contributed by atoms with Gasteiger partial charge in [-0.15, -0.1) is 10.2 Å². The minimum Gasteiger partial charge on any atom is -0.345 e.